The number of thiophene rings is 3. The molecule has 3 nitrogen and oxygen atoms in total. The monoisotopic (exact) mass is 689 g/mol. The molecule has 0 aliphatic rings. The number of aromatic nitrogens is 3. The largest absolute Gasteiger partial charge is 0.276 e. The first-order valence-corrected chi connectivity index (χ1v) is 19.1. The Labute approximate surface area is 296 Å². The van der Waals surface area contributed by atoms with E-state index in [9.17, 15) is 0 Å². The Hall–Kier alpha value is -5.66. The summed E-state index contributed by atoms with van der Waals surface area (Å²) in [4.78, 5) is 12.1. The maximum absolute atomic E-state index is 5.61. The summed E-state index contributed by atoms with van der Waals surface area (Å²) in [5.74, 6) is 0.703. The Balaban J connectivity index is 1.27. The number of para-hydroxylation sites is 1. The van der Waals surface area contributed by atoms with Crippen LogP contribution in [0.25, 0.3) is 110 Å². The van der Waals surface area contributed by atoms with Crippen LogP contribution in [0.15, 0.2) is 140 Å². The van der Waals surface area contributed by atoms with Gasteiger partial charge >= 0.3 is 0 Å². The first-order chi connectivity index (χ1) is 24.8. The minimum absolute atomic E-state index is 0.703. The molecule has 5 heterocycles. The fourth-order valence-electron chi connectivity index (χ4n) is 8.13. The Morgan fingerprint density at radius 3 is 1.78 bits per heavy atom. The van der Waals surface area contributed by atoms with Crippen molar-refractivity contribution in [2.45, 2.75) is 0 Å². The molecule has 50 heavy (non-hydrogen) atoms. The molecule has 12 rings (SSSR count). The highest BCUT2D eigenvalue weighted by Crippen LogP contribution is 2.48. The van der Waals surface area contributed by atoms with Crippen molar-refractivity contribution in [3.05, 3.63) is 140 Å². The highest BCUT2D eigenvalue weighted by atomic mass is 32.1. The average molecular weight is 690 g/mol. The minimum atomic E-state index is 0.703. The Morgan fingerprint density at radius 2 is 1.00 bits per heavy atom. The van der Waals surface area contributed by atoms with Crippen molar-refractivity contribution < 1.29 is 0 Å². The van der Waals surface area contributed by atoms with Crippen molar-refractivity contribution in [3.63, 3.8) is 0 Å². The summed E-state index contributed by atoms with van der Waals surface area (Å²) in [6, 6.07) is 50.7. The van der Waals surface area contributed by atoms with Crippen LogP contribution in [0.5, 0.6) is 0 Å². The zero-order chi connectivity index (χ0) is 32.5. The normalized spacial score (nSPS) is 12.4. The van der Waals surface area contributed by atoms with E-state index >= 15 is 0 Å². The molecule has 0 aliphatic carbocycles. The van der Waals surface area contributed by atoms with Crippen LogP contribution >= 0.6 is 34.0 Å². The Bertz CT molecular complexity index is 3400. The summed E-state index contributed by atoms with van der Waals surface area (Å²) in [6.07, 6.45) is 0. The van der Waals surface area contributed by atoms with E-state index in [0.717, 1.165) is 27.0 Å². The lowest BCUT2D eigenvalue weighted by atomic mass is 9.99. The SMILES string of the molecule is c1ccc2c(c1)sc1ccc(-c3nc(-n4c5ccccc5c5c6ccccc6c6c7ccccc7sc6c54)nc4sc5ccccc5c34)cc12. The first kappa shape index (κ1) is 27.2. The van der Waals surface area contributed by atoms with Gasteiger partial charge in [0.05, 0.1) is 21.4 Å². The van der Waals surface area contributed by atoms with Crippen LogP contribution in [-0.2, 0) is 0 Å². The number of benzene rings is 7. The van der Waals surface area contributed by atoms with Crippen molar-refractivity contribution in [2.75, 3.05) is 0 Å². The first-order valence-electron chi connectivity index (χ1n) is 16.7. The molecule has 0 fully saturated rings. The predicted octanol–water partition coefficient (Wildman–Crippen LogP) is 13.5. The van der Waals surface area contributed by atoms with Gasteiger partial charge < -0.3 is 0 Å². The molecule has 6 heteroatoms. The zero-order valence-electron chi connectivity index (χ0n) is 26.3. The molecule has 232 valence electrons. The number of rotatable bonds is 2. The second kappa shape index (κ2) is 9.96. The molecule has 0 atom stereocenters. The van der Waals surface area contributed by atoms with Crippen LogP contribution in [0.2, 0.25) is 0 Å². The molecular weight excluding hydrogens is 667 g/mol. The van der Waals surface area contributed by atoms with E-state index in [1.165, 1.54) is 77.5 Å². The summed E-state index contributed by atoms with van der Waals surface area (Å²) in [5.41, 5.74) is 4.37. The standard InChI is InChI=1S/C44H23N3S3/c1-2-13-27-26(12-1)37-28-14-3-7-17-32(28)47(41(37)42-38(27)29-15-5-9-19-34(29)49-42)44-45-40(39-30-16-6-10-20-35(30)50-43(39)46-44)24-21-22-36-31(23-24)25-11-4-8-18-33(25)48-36/h1-23H. The zero-order valence-corrected chi connectivity index (χ0v) is 28.8. The lowest BCUT2D eigenvalue weighted by Crippen LogP contribution is -2.02. The number of nitrogens with zero attached hydrogens (tertiary/aromatic N) is 3. The van der Waals surface area contributed by atoms with Crippen LogP contribution < -0.4 is 0 Å². The van der Waals surface area contributed by atoms with Crippen molar-refractivity contribution in [1.82, 2.24) is 14.5 Å². The Kier molecular flexibility index (Phi) is 5.42. The molecule has 5 aromatic heterocycles. The molecule has 0 aliphatic heterocycles. The summed E-state index contributed by atoms with van der Waals surface area (Å²) < 4.78 is 8.72. The van der Waals surface area contributed by atoms with Gasteiger partial charge in [0.25, 0.3) is 0 Å². The lowest BCUT2D eigenvalue weighted by molar-refractivity contribution is 1.02. The van der Waals surface area contributed by atoms with Crippen molar-refractivity contribution in [2.24, 2.45) is 0 Å². The quantitative estimate of drug-likeness (QED) is 0.181. The summed E-state index contributed by atoms with van der Waals surface area (Å²) >= 11 is 5.47. The summed E-state index contributed by atoms with van der Waals surface area (Å²) in [6.45, 7) is 0. The molecule has 0 amide bonds. The van der Waals surface area contributed by atoms with Gasteiger partial charge in [-0.15, -0.1) is 34.0 Å². The van der Waals surface area contributed by atoms with Crippen LogP contribution in [0.1, 0.15) is 0 Å². The molecule has 0 spiro atoms. The van der Waals surface area contributed by atoms with Crippen LogP contribution in [0, 0.1) is 0 Å². The van der Waals surface area contributed by atoms with Gasteiger partial charge in [-0.2, -0.15) is 0 Å². The Morgan fingerprint density at radius 1 is 0.420 bits per heavy atom. The van der Waals surface area contributed by atoms with Gasteiger partial charge in [-0.05, 0) is 47.2 Å². The molecule has 12 aromatic rings. The van der Waals surface area contributed by atoms with Crippen LogP contribution in [0.3, 0.4) is 0 Å². The molecule has 7 aromatic carbocycles. The van der Waals surface area contributed by atoms with Crippen molar-refractivity contribution in [1.29, 1.82) is 0 Å². The van der Waals surface area contributed by atoms with Gasteiger partial charge in [-0.25, -0.2) is 9.97 Å². The van der Waals surface area contributed by atoms with Gasteiger partial charge in [0, 0.05) is 67.5 Å². The van der Waals surface area contributed by atoms with Gasteiger partial charge in [0.2, 0.25) is 5.95 Å². The second-order valence-corrected chi connectivity index (χ2v) is 16.1. The van der Waals surface area contributed by atoms with E-state index in [4.69, 9.17) is 9.97 Å². The maximum atomic E-state index is 5.61. The minimum Gasteiger partial charge on any atom is -0.276 e. The highest BCUT2D eigenvalue weighted by Gasteiger charge is 2.24. The van der Waals surface area contributed by atoms with E-state index < -0.39 is 0 Å². The van der Waals surface area contributed by atoms with Gasteiger partial charge in [-0.1, -0.05) is 103 Å². The third-order valence-corrected chi connectivity index (χ3v) is 13.6. The summed E-state index contributed by atoms with van der Waals surface area (Å²) in [7, 11) is 0. The highest BCUT2D eigenvalue weighted by molar-refractivity contribution is 7.27. The van der Waals surface area contributed by atoms with E-state index in [1.54, 1.807) is 11.3 Å². The third-order valence-electron chi connectivity index (χ3n) is 10.2. The van der Waals surface area contributed by atoms with E-state index in [-0.39, 0.29) is 0 Å². The van der Waals surface area contributed by atoms with Crippen LogP contribution in [0.4, 0.5) is 0 Å². The van der Waals surface area contributed by atoms with Gasteiger partial charge in [0.15, 0.2) is 0 Å². The van der Waals surface area contributed by atoms with Crippen LogP contribution in [-0.4, -0.2) is 14.5 Å². The molecule has 0 saturated carbocycles. The maximum Gasteiger partial charge on any atom is 0.236 e. The smallest absolute Gasteiger partial charge is 0.236 e. The fraction of sp³-hybridized carbons (Fsp3) is 0. The molecule has 0 saturated heterocycles. The van der Waals surface area contributed by atoms with Crippen molar-refractivity contribution >= 4 is 127 Å². The number of fused-ring (bicyclic) bond motifs is 16. The van der Waals surface area contributed by atoms with E-state index in [2.05, 4.69) is 144 Å². The predicted molar refractivity (Wildman–Crippen MR) is 218 cm³/mol. The fourth-order valence-corrected chi connectivity index (χ4v) is 11.5. The van der Waals surface area contributed by atoms with Gasteiger partial charge in [0.1, 0.15) is 4.83 Å². The summed E-state index contributed by atoms with van der Waals surface area (Å²) in [5, 5.41) is 12.5. The number of hydrogen-bond donors (Lipinski definition) is 0. The molecule has 0 N–H and O–H groups in total. The lowest BCUT2D eigenvalue weighted by Gasteiger charge is -2.12. The second-order valence-electron chi connectivity index (χ2n) is 12.9. The molecule has 0 radical (unpaired) electrons. The molecule has 0 unspecified atom stereocenters. The number of hydrogen-bond acceptors (Lipinski definition) is 5. The molecule has 0 bridgehead atoms. The topological polar surface area (TPSA) is 30.7 Å². The van der Waals surface area contributed by atoms with Gasteiger partial charge in [-0.3, -0.25) is 4.57 Å². The van der Waals surface area contributed by atoms with E-state index in [0.29, 0.717) is 5.95 Å². The van der Waals surface area contributed by atoms with Crippen molar-refractivity contribution in [3.8, 4) is 17.2 Å². The third kappa shape index (κ3) is 3.57. The van der Waals surface area contributed by atoms with E-state index in [1.807, 2.05) is 22.7 Å². The molecular formula is C44H23N3S3. The average Bonchev–Trinajstić information content (AvgIpc) is 3.93.